The topological polar surface area (TPSA) is 47.6 Å². The van der Waals surface area contributed by atoms with Crippen LogP contribution in [0.1, 0.15) is 19.4 Å². The van der Waals surface area contributed by atoms with Crippen LogP contribution >= 0.6 is 0 Å². The molecule has 0 saturated heterocycles. The Hall–Kier alpha value is -2.63. The molecule has 2 rings (SSSR count). The van der Waals surface area contributed by atoms with E-state index in [1.54, 1.807) is 32.0 Å². The molecule has 0 aliphatic rings. The van der Waals surface area contributed by atoms with Crippen LogP contribution in [0.5, 0.6) is 11.5 Å². The smallest absolute Gasteiger partial charge is 0.234 e. The van der Waals surface area contributed by atoms with Gasteiger partial charge in [-0.3, -0.25) is 4.79 Å². The van der Waals surface area contributed by atoms with Gasteiger partial charge in [-0.15, -0.1) is 0 Å². The molecule has 0 aromatic heterocycles. The van der Waals surface area contributed by atoms with Crippen molar-refractivity contribution in [2.24, 2.45) is 0 Å². The van der Waals surface area contributed by atoms with Gasteiger partial charge >= 0.3 is 0 Å². The predicted molar refractivity (Wildman–Crippen MR) is 87.6 cm³/mol. The number of halogens is 2. The van der Waals surface area contributed by atoms with Crippen LogP contribution in [-0.2, 0) is 10.2 Å². The molecule has 0 saturated carbocycles. The standard InChI is InChI=1S/C18H19F2NO3/c1-18(2,11-5-8-15(23-3)16(9-11)24-4)17(22)21-14-10-12(19)6-7-13(14)20/h5-10H,1-4H3,(H,21,22). The molecule has 1 amide bonds. The first kappa shape index (κ1) is 17.7. The Morgan fingerprint density at radius 3 is 2.29 bits per heavy atom. The summed E-state index contributed by atoms with van der Waals surface area (Å²) in [6, 6.07) is 7.99. The fourth-order valence-electron chi connectivity index (χ4n) is 2.23. The van der Waals surface area contributed by atoms with Gasteiger partial charge in [0.15, 0.2) is 11.5 Å². The number of anilines is 1. The number of hydrogen-bond donors (Lipinski definition) is 1. The second-order valence-corrected chi connectivity index (χ2v) is 5.77. The van der Waals surface area contributed by atoms with Gasteiger partial charge in [0.2, 0.25) is 5.91 Å². The Balaban J connectivity index is 2.32. The maximum absolute atomic E-state index is 13.7. The summed E-state index contributed by atoms with van der Waals surface area (Å²) in [6.45, 7) is 3.36. The van der Waals surface area contributed by atoms with Crippen molar-refractivity contribution < 1.29 is 23.0 Å². The van der Waals surface area contributed by atoms with Crippen LogP contribution in [0.25, 0.3) is 0 Å². The Labute approximate surface area is 139 Å². The van der Waals surface area contributed by atoms with Crippen LogP contribution in [-0.4, -0.2) is 20.1 Å². The fraction of sp³-hybridized carbons (Fsp3) is 0.278. The van der Waals surface area contributed by atoms with Gasteiger partial charge in [0.05, 0.1) is 25.3 Å². The van der Waals surface area contributed by atoms with Gasteiger partial charge in [-0.05, 0) is 43.7 Å². The van der Waals surface area contributed by atoms with Crippen molar-refractivity contribution >= 4 is 11.6 Å². The molecule has 0 fully saturated rings. The quantitative estimate of drug-likeness (QED) is 0.901. The maximum Gasteiger partial charge on any atom is 0.234 e. The van der Waals surface area contributed by atoms with Gasteiger partial charge < -0.3 is 14.8 Å². The zero-order chi connectivity index (χ0) is 17.9. The molecule has 24 heavy (non-hydrogen) atoms. The highest BCUT2D eigenvalue weighted by atomic mass is 19.1. The van der Waals surface area contributed by atoms with Crippen LogP contribution < -0.4 is 14.8 Å². The molecule has 0 aliphatic heterocycles. The van der Waals surface area contributed by atoms with E-state index in [0.29, 0.717) is 17.1 Å². The summed E-state index contributed by atoms with van der Waals surface area (Å²) in [5.74, 6) is -0.788. The molecule has 6 heteroatoms. The molecule has 0 heterocycles. The summed E-state index contributed by atoms with van der Waals surface area (Å²) in [5.41, 5.74) is -0.554. The van der Waals surface area contributed by atoms with E-state index in [-0.39, 0.29) is 5.69 Å². The third-order valence-corrected chi connectivity index (χ3v) is 3.85. The minimum Gasteiger partial charge on any atom is -0.493 e. The lowest BCUT2D eigenvalue weighted by molar-refractivity contribution is -0.120. The lowest BCUT2D eigenvalue weighted by Gasteiger charge is -2.25. The average Bonchev–Trinajstić information content (AvgIpc) is 2.57. The SMILES string of the molecule is COc1ccc(C(C)(C)C(=O)Nc2cc(F)ccc2F)cc1OC. The molecular formula is C18H19F2NO3. The number of amides is 1. The Morgan fingerprint density at radius 1 is 1.00 bits per heavy atom. The third-order valence-electron chi connectivity index (χ3n) is 3.85. The van der Waals surface area contributed by atoms with Crippen LogP contribution in [0.3, 0.4) is 0 Å². The summed E-state index contributed by atoms with van der Waals surface area (Å²) in [7, 11) is 3.01. The number of benzene rings is 2. The maximum atomic E-state index is 13.7. The first-order chi connectivity index (χ1) is 11.3. The zero-order valence-electron chi connectivity index (χ0n) is 13.9. The fourth-order valence-corrected chi connectivity index (χ4v) is 2.23. The van der Waals surface area contributed by atoms with Gasteiger partial charge in [0.1, 0.15) is 11.6 Å². The van der Waals surface area contributed by atoms with Gasteiger partial charge in [0.25, 0.3) is 0 Å². The van der Waals surface area contributed by atoms with E-state index >= 15 is 0 Å². The van der Waals surface area contributed by atoms with E-state index in [4.69, 9.17) is 9.47 Å². The number of hydrogen-bond acceptors (Lipinski definition) is 3. The molecule has 0 radical (unpaired) electrons. The minimum absolute atomic E-state index is 0.200. The Morgan fingerprint density at radius 2 is 1.67 bits per heavy atom. The van der Waals surface area contributed by atoms with Crippen molar-refractivity contribution in [1.29, 1.82) is 0 Å². The Kier molecular flexibility index (Phi) is 5.07. The van der Waals surface area contributed by atoms with Crippen molar-refractivity contribution in [2.45, 2.75) is 19.3 Å². The highest BCUT2D eigenvalue weighted by Gasteiger charge is 2.31. The molecule has 0 aliphatic carbocycles. The zero-order valence-corrected chi connectivity index (χ0v) is 13.9. The largest absolute Gasteiger partial charge is 0.493 e. The van der Waals surface area contributed by atoms with Crippen LogP contribution in [0, 0.1) is 11.6 Å². The van der Waals surface area contributed by atoms with E-state index < -0.39 is 23.0 Å². The molecule has 4 nitrogen and oxygen atoms in total. The van der Waals surface area contributed by atoms with Gasteiger partial charge in [0, 0.05) is 6.07 Å². The van der Waals surface area contributed by atoms with Crippen LogP contribution in [0.2, 0.25) is 0 Å². The Bertz CT molecular complexity index is 760. The average molecular weight is 335 g/mol. The lowest BCUT2D eigenvalue weighted by atomic mass is 9.83. The highest BCUT2D eigenvalue weighted by Crippen LogP contribution is 2.34. The summed E-state index contributed by atoms with van der Waals surface area (Å²) in [6.07, 6.45) is 0. The highest BCUT2D eigenvalue weighted by molar-refractivity contribution is 5.98. The normalized spacial score (nSPS) is 11.1. The number of ether oxygens (including phenoxy) is 2. The molecule has 128 valence electrons. The molecule has 1 N–H and O–H groups in total. The van der Waals surface area contributed by atoms with Crippen molar-refractivity contribution in [3.05, 3.63) is 53.6 Å². The van der Waals surface area contributed by atoms with Crippen molar-refractivity contribution in [3.8, 4) is 11.5 Å². The summed E-state index contributed by atoms with van der Waals surface area (Å²) >= 11 is 0. The molecule has 0 atom stereocenters. The number of nitrogens with one attached hydrogen (secondary N) is 1. The molecule has 0 bridgehead atoms. The number of methoxy groups -OCH3 is 2. The summed E-state index contributed by atoms with van der Waals surface area (Å²) < 4.78 is 37.4. The van der Waals surface area contributed by atoms with E-state index in [1.807, 2.05) is 0 Å². The van der Waals surface area contributed by atoms with E-state index in [2.05, 4.69) is 5.32 Å². The molecule has 2 aromatic carbocycles. The lowest BCUT2D eigenvalue weighted by Crippen LogP contribution is -2.35. The monoisotopic (exact) mass is 335 g/mol. The van der Waals surface area contributed by atoms with Gasteiger partial charge in [-0.25, -0.2) is 8.78 Å². The molecule has 2 aromatic rings. The molecular weight excluding hydrogens is 316 g/mol. The van der Waals surface area contributed by atoms with E-state index in [1.165, 1.54) is 14.2 Å². The minimum atomic E-state index is -1.00. The summed E-state index contributed by atoms with van der Waals surface area (Å²) in [4.78, 5) is 12.6. The number of carbonyl (C=O) groups excluding carboxylic acids is 1. The first-order valence-electron chi connectivity index (χ1n) is 7.28. The van der Waals surface area contributed by atoms with E-state index in [0.717, 1.165) is 18.2 Å². The molecule has 0 spiro atoms. The summed E-state index contributed by atoms with van der Waals surface area (Å²) in [5, 5.41) is 2.43. The van der Waals surface area contributed by atoms with Crippen LogP contribution in [0.4, 0.5) is 14.5 Å². The molecule has 0 unspecified atom stereocenters. The van der Waals surface area contributed by atoms with Gasteiger partial charge in [-0.1, -0.05) is 6.07 Å². The second-order valence-electron chi connectivity index (χ2n) is 5.77. The van der Waals surface area contributed by atoms with Crippen molar-refractivity contribution in [2.75, 3.05) is 19.5 Å². The van der Waals surface area contributed by atoms with Crippen LogP contribution in [0.15, 0.2) is 36.4 Å². The van der Waals surface area contributed by atoms with E-state index in [9.17, 15) is 13.6 Å². The third kappa shape index (κ3) is 3.48. The predicted octanol–water partition coefficient (Wildman–Crippen LogP) is 3.90. The van der Waals surface area contributed by atoms with Crippen molar-refractivity contribution in [1.82, 2.24) is 0 Å². The van der Waals surface area contributed by atoms with Crippen molar-refractivity contribution in [3.63, 3.8) is 0 Å². The first-order valence-corrected chi connectivity index (χ1v) is 7.28. The number of rotatable bonds is 5. The van der Waals surface area contributed by atoms with Gasteiger partial charge in [-0.2, -0.15) is 0 Å². The number of carbonyl (C=O) groups is 1. The second kappa shape index (κ2) is 6.86.